The zero-order valence-electron chi connectivity index (χ0n) is 9.48. The van der Waals surface area contributed by atoms with Crippen molar-refractivity contribution < 1.29 is 9.59 Å². The molecule has 0 aliphatic heterocycles. The molecule has 0 aliphatic carbocycles. The van der Waals surface area contributed by atoms with Gasteiger partial charge in [-0.15, -0.1) is 5.10 Å². The number of carbonyl (C=O) groups excluding carboxylic acids is 2. The predicted octanol–water partition coefficient (Wildman–Crippen LogP) is 0.392. The van der Waals surface area contributed by atoms with Crippen molar-refractivity contribution in [1.82, 2.24) is 15.2 Å². The fourth-order valence-electron chi connectivity index (χ4n) is 1.36. The van der Waals surface area contributed by atoms with E-state index in [0.717, 1.165) is 0 Å². The summed E-state index contributed by atoms with van der Waals surface area (Å²) in [5.41, 5.74) is 10.9. The van der Waals surface area contributed by atoms with Gasteiger partial charge in [0, 0.05) is 5.69 Å². The van der Waals surface area contributed by atoms with E-state index in [1.54, 1.807) is 0 Å². The van der Waals surface area contributed by atoms with E-state index in [9.17, 15) is 9.59 Å². The van der Waals surface area contributed by atoms with E-state index in [1.165, 1.54) is 18.2 Å². The molecule has 0 saturated carbocycles. The Labute approximate surface area is 112 Å². The van der Waals surface area contributed by atoms with Gasteiger partial charge in [0.15, 0.2) is 0 Å². The molecule has 0 saturated heterocycles. The summed E-state index contributed by atoms with van der Waals surface area (Å²) in [5.74, 6) is -1.33. The number of primary amides is 1. The summed E-state index contributed by atoms with van der Waals surface area (Å²) in [7, 11) is 0. The number of nitrogen functional groups attached to an aromatic ring is 1. The maximum Gasteiger partial charge on any atom is 0.293 e. The number of hydrogen-bond acceptors (Lipinski definition) is 5. The first-order valence-electron chi connectivity index (χ1n) is 5.06. The van der Waals surface area contributed by atoms with Crippen LogP contribution in [0, 0.1) is 0 Å². The number of hydrogen-bond donors (Lipinski definition) is 4. The van der Waals surface area contributed by atoms with E-state index in [1.807, 2.05) is 0 Å². The molecular formula is C10H9ClN6O2. The molecule has 1 heterocycles. The lowest BCUT2D eigenvalue weighted by molar-refractivity contribution is 0.0994. The van der Waals surface area contributed by atoms with E-state index in [2.05, 4.69) is 20.5 Å². The van der Waals surface area contributed by atoms with Crippen molar-refractivity contribution in [2.75, 3.05) is 11.1 Å². The quantitative estimate of drug-likeness (QED) is 0.644. The Kier molecular flexibility index (Phi) is 3.34. The zero-order valence-corrected chi connectivity index (χ0v) is 10.2. The maximum atomic E-state index is 11.7. The highest BCUT2D eigenvalue weighted by Gasteiger charge is 2.13. The average Bonchev–Trinajstić information content (AvgIpc) is 2.78. The number of amides is 2. The number of rotatable bonds is 3. The van der Waals surface area contributed by atoms with Crippen molar-refractivity contribution >= 4 is 35.1 Å². The fraction of sp³-hybridized carbons (Fsp3) is 0. The smallest absolute Gasteiger partial charge is 0.293 e. The highest BCUT2D eigenvalue weighted by molar-refractivity contribution is 6.34. The van der Waals surface area contributed by atoms with Gasteiger partial charge in [0.05, 0.1) is 10.6 Å². The van der Waals surface area contributed by atoms with Crippen LogP contribution in [0.3, 0.4) is 0 Å². The number of halogens is 1. The van der Waals surface area contributed by atoms with E-state index in [-0.39, 0.29) is 22.4 Å². The highest BCUT2D eigenvalue weighted by atomic mass is 35.5. The summed E-state index contributed by atoms with van der Waals surface area (Å²) in [6.07, 6.45) is 0. The largest absolute Gasteiger partial charge is 0.366 e. The van der Waals surface area contributed by atoms with Crippen LogP contribution < -0.4 is 16.8 Å². The molecule has 2 aromatic rings. The van der Waals surface area contributed by atoms with Gasteiger partial charge < -0.3 is 16.8 Å². The number of aromatic amines is 1. The third kappa shape index (κ3) is 2.80. The van der Waals surface area contributed by atoms with Crippen LogP contribution in [0.15, 0.2) is 18.2 Å². The number of anilines is 2. The number of carbonyl (C=O) groups is 2. The number of benzene rings is 1. The second kappa shape index (κ2) is 4.94. The van der Waals surface area contributed by atoms with Crippen molar-refractivity contribution in [3.8, 4) is 0 Å². The van der Waals surface area contributed by atoms with Crippen molar-refractivity contribution in [1.29, 1.82) is 0 Å². The summed E-state index contributed by atoms with van der Waals surface area (Å²) in [6.45, 7) is 0. The summed E-state index contributed by atoms with van der Waals surface area (Å²) in [6, 6.07) is 4.33. The predicted molar refractivity (Wildman–Crippen MR) is 68.7 cm³/mol. The van der Waals surface area contributed by atoms with Crippen LogP contribution in [0.1, 0.15) is 21.0 Å². The van der Waals surface area contributed by atoms with Gasteiger partial charge >= 0.3 is 0 Å². The molecule has 0 fully saturated rings. The minimum atomic E-state index is -0.690. The van der Waals surface area contributed by atoms with Gasteiger partial charge in [0.25, 0.3) is 5.91 Å². The SMILES string of the molecule is NC(=O)c1cc(NC(=O)c2nc(N)n[nH]2)ccc1Cl. The van der Waals surface area contributed by atoms with Gasteiger partial charge in [-0.05, 0) is 18.2 Å². The summed E-state index contributed by atoms with van der Waals surface area (Å²) in [5, 5.41) is 8.59. The first-order valence-corrected chi connectivity index (χ1v) is 5.44. The van der Waals surface area contributed by atoms with Crippen molar-refractivity contribution in [2.24, 2.45) is 5.73 Å². The Hall–Kier alpha value is -2.61. The average molecular weight is 281 g/mol. The molecule has 0 bridgehead atoms. The Bertz CT molecular complexity index is 653. The topological polar surface area (TPSA) is 140 Å². The van der Waals surface area contributed by atoms with E-state index in [0.29, 0.717) is 5.69 Å². The minimum Gasteiger partial charge on any atom is -0.366 e. The lowest BCUT2D eigenvalue weighted by Gasteiger charge is -2.05. The Morgan fingerprint density at radius 1 is 1.37 bits per heavy atom. The summed E-state index contributed by atoms with van der Waals surface area (Å²) in [4.78, 5) is 26.5. The first-order chi connectivity index (χ1) is 8.97. The molecule has 8 nitrogen and oxygen atoms in total. The van der Waals surface area contributed by atoms with Crippen molar-refractivity contribution in [3.05, 3.63) is 34.6 Å². The molecule has 98 valence electrons. The molecular weight excluding hydrogens is 272 g/mol. The van der Waals surface area contributed by atoms with Crippen molar-refractivity contribution in [2.45, 2.75) is 0 Å². The third-order valence-corrected chi connectivity index (χ3v) is 2.54. The summed E-state index contributed by atoms with van der Waals surface area (Å²) >= 11 is 5.79. The summed E-state index contributed by atoms with van der Waals surface area (Å²) < 4.78 is 0. The number of nitrogens with two attached hydrogens (primary N) is 2. The van der Waals surface area contributed by atoms with Crippen LogP contribution in [-0.4, -0.2) is 27.0 Å². The van der Waals surface area contributed by atoms with E-state index < -0.39 is 11.8 Å². The van der Waals surface area contributed by atoms with E-state index in [4.69, 9.17) is 23.1 Å². The molecule has 1 aromatic heterocycles. The molecule has 19 heavy (non-hydrogen) atoms. The fourth-order valence-corrected chi connectivity index (χ4v) is 1.57. The van der Waals surface area contributed by atoms with Gasteiger partial charge in [-0.2, -0.15) is 4.98 Å². The highest BCUT2D eigenvalue weighted by Crippen LogP contribution is 2.20. The lowest BCUT2D eigenvalue weighted by atomic mass is 10.2. The Morgan fingerprint density at radius 2 is 2.11 bits per heavy atom. The second-order valence-electron chi connectivity index (χ2n) is 3.56. The van der Waals surface area contributed by atoms with Crippen LogP contribution in [-0.2, 0) is 0 Å². The zero-order chi connectivity index (χ0) is 14.0. The lowest BCUT2D eigenvalue weighted by Crippen LogP contribution is -2.16. The molecule has 1 aromatic carbocycles. The van der Waals surface area contributed by atoms with Gasteiger partial charge in [-0.1, -0.05) is 11.6 Å². The minimum absolute atomic E-state index is 0.0425. The number of aromatic nitrogens is 3. The normalized spacial score (nSPS) is 10.2. The maximum absolute atomic E-state index is 11.7. The Balaban J connectivity index is 2.22. The van der Waals surface area contributed by atoms with Crippen LogP contribution >= 0.6 is 11.6 Å². The number of nitrogens with one attached hydrogen (secondary N) is 2. The molecule has 0 radical (unpaired) electrons. The standard InChI is InChI=1S/C10H9ClN6O2/c11-6-2-1-4(3-5(6)7(12)18)14-9(19)8-15-10(13)17-16-8/h1-3H,(H2,12,18)(H,14,19)(H3,13,15,16,17). The molecule has 0 aliphatic rings. The third-order valence-electron chi connectivity index (χ3n) is 2.21. The monoisotopic (exact) mass is 280 g/mol. The number of nitrogens with zero attached hydrogens (tertiary/aromatic N) is 2. The van der Waals surface area contributed by atoms with Gasteiger partial charge in [-0.25, -0.2) is 0 Å². The molecule has 0 spiro atoms. The molecule has 9 heteroatoms. The number of H-pyrrole nitrogens is 1. The van der Waals surface area contributed by atoms with Crippen LogP contribution in [0.25, 0.3) is 0 Å². The van der Waals surface area contributed by atoms with Crippen LogP contribution in [0.4, 0.5) is 11.6 Å². The first kappa shape index (κ1) is 12.8. The van der Waals surface area contributed by atoms with Gasteiger partial charge in [0.2, 0.25) is 17.7 Å². The molecule has 2 rings (SSSR count). The van der Waals surface area contributed by atoms with Crippen LogP contribution in [0.2, 0.25) is 5.02 Å². The van der Waals surface area contributed by atoms with Crippen molar-refractivity contribution in [3.63, 3.8) is 0 Å². The molecule has 6 N–H and O–H groups in total. The second-order valence-corrected chi connectivity index (χ2v) is 3.96. The molecule has 2 amide bonds. The Morgan fingerprint density at radius 3 is 2.68 bits per heavy atom. The molecule has 0 unspecified atom stereocenters. The van der Waals surface area contributed by atoms with Gasteiger partial charge in [-0.3, -0.25) is 14.7 Å². The van der Waals surface area contributed by atoms with Gasteiger partial charge in [0.1, 0.15) is 0 Å². The molecule has 0 atom stereocenters. The van der Waals surface area contributed by atoms with E-state index >= 15 is 0 Å². The van der Waals surface area contributed by atoms with Crippen LogP contribution in [0.5, 0.6) is 0 Å².